The number of carbonyl (C=O) groups excluding carboxylic acids is 1. The molecule has 0 radical (unpaired) electrons. The van der Waals surface area contributed by atoms with E-state index >= 15 is 0 Å². The van der Waals surface area contributed by atoms with Gasteiger partial charge in [0, 0.05) is 13.0 Å². The van der Waals surface area contributed by atoms with Gasteiger partial charge in [-0.05, 0) is 24.3 Å². The number of para-hydroxylation sites is 2. The van der Waals surface area contributed by atoms with Crippen molar-refractivity contribution in [3.63, 3.8) is 0 Å². The number of rotatable bonds is 0. The average Bonchev–Trinajstić information content (AvgIpc) is 2.55. The lowest BCUT2D eigenvalue weighted by molar-refractivity contribution is 0.0952. The first-order chi connectivity index (χ1) is 11.6. The van der Waals surface area contributed by atoms with Gasteiger partial charge >= 0.3 is 0 Å². The van der Waals surface area contributed by atoms with Crippen LogP contribution in [0.1, 0.15) is 16.2 Å². The summed E-state index contributed by atoms with van der Waals surface area (Å²) >= 11 is 12.3. The predicted molar refractivity (Wildman–Crippen MR) is 94.4 cm³/mol. The summed E-state index contributed by atoms with van der Waals surface area (Å²) < 4.78 is 1.12. The zero-order chi connectivity index (χ0) is 16.8. The molecule has 0 spiro atoms. The minimum atomic E-state index is -0.450. The van der Waals surface area contributed by atoms with Crippen LogP contribution in [0.15, 0.2) is 41.2 Å². The maximum absolute atomic E-state index is 13.0. The summed E-state index contributed by atoms with van der Waals surface area (Å²) in [5.41, 5.74) is 0.868. The van der Waals surface area contributed by atoms with E-state index in [4.69, 9.17) is 23.2 Å². The van der Waals surface area contributed by atoms with Crippen molar-refractivity contribution in [1.29, 1.82) is 0 Å². The standard InChI is InChI=1S/C17H11Cl2N3O2/c18-11-5-1-3-9-14(11)20-8-7-13-21-15-10(4-2-6-12(15)19)17(24)22(13)16(9)23/h1-6,20H,7-8H2. The Morgan fingerprint density at radius 3 is 2.62 bits per heavy atom. The lowest BCUT2D eigenvalue weighted by atomic mass is 10.1. The number of fused-ring (bicyclic) bond motifs is 3. The molecule has 1 N–H and O–H groups in total. The van der Waals surface area contributed by atoms with Crippen molar-refractivity contribution < 1.29 is 4.79 Å². The molecule has 4 rings (SSSR count). The highest BCUT2D eigenvalue weighted by Gasteiger charge is 2.24. The van der Waals surface area contributed by atoms with E-state index in [1.807, 2.05) is 0 Å². The molecule has 24 heavy (non-hydrogen) atoms. The molecule has 0 atom stereocenters. The van der Waals surface area contributed by atoms with Crippen molar-refractivity contribution in [3.05, 3.63) is 68.2 Å². The Balaban J connectivity index is 2.06. The third-order valence-electron chi connectivity index (χ3n) is 4.02. The molecule has 1 aromatic heterocycles. The molecule has 0 fully saturated rings. The van der Waals surface area contributed by atoms with Crippen LogP contribution in [0.5, 0.6) is 0 Å². The molecular formula is C17H11Cl2N3O2. The first-order valence-electron chi connectivity index (χ1n) is 7.35. The van der Waals surface area contributed by atoms with Crippen LogP contribution in [-0.4, -0.2) is 22.0 Å². The average molecular weight is 360 g/mol. The second-order valence-electron chi connectivity index (χ2n) is 5.45. The highest BCUT2D eigenvalue weighted by atomic mass is 35.5. The van der Waals surface area contributed by atoms with Gasteiger partial charge in [-0.15, -0.1) is 0 Å². The summed E-state index contributed by atoms with van der Waals surface area (Å²) in [6.45, 7) is 0.492. The zero-order valence-electron chi connectivity index (χ0n) is 12.3. The molecule has 0 saturated carbocycles. The van der Waals surface area contributed by atoms with Crippen molar-refractivity contribution in [3.8, 4) is 0 Å². The molecule has 1 aliphatic heterocycles. The topological polar surface area (TPSA) is 64.0 Å². The molecule has 2 aromatic carbocycles. The van der Waals surface area contributed by atoms with Crippen LogP contribution in [0.25, 0.3) is 10.9 Å². The van der Waals surface area contributed by atoms with Crippen molar-refractivity contribution in [2.75, 3.05) is 11.9 Å². The molecule has 3 aromatic rings. The van der Waals surface area contributed by atoms with Crippen molar-refractivity contribution >= 4 is 45.7 Å². The van der Waals surface area contributed by atoms with Gasteiger partial charge in [0.05, 0.1) is 32.2 Å². The largest absolute Gasteiger partial charge is 0.383 e. The van der Waals surface area contributed by atoms with Gasteiger partial charge in [-0.2, -0.15) is 0 Å². The van der Waals surface area contributed by atoms with E-state index in [1.54, 1.807) is 36.4 Å². The fourth-order valence-electron chi connectivity index (χ4n) is 2.90. The third kappa shape index (κ3) is 2.20. The maximum atomic E-state index is 13.0. The van der Waals surface area contributed by atoms with Crippen molar-refractivity contribution in [2.24, 2.45) is 0 Å². The Bertz CT molecular complexity index is 1060. The number of hydrogen-bond donors (Lipinski definition) is 1. The molecule has 120 valence electrons. The van der Waals surface area contributed by atoms with Gasteiger partial charge < -0.3 is 5.32 Å². The van der Waals surface area contributed by atoms with Crippen molar-refractivity contribution in [1.82, 2.24) is 9.55 Å². The quantitative estimate of drug-likeness (QED) is 0.668. The number of benzene rings is 2. The number of nitrogens with zero attached hydrogens (tertiary/aromatic N) is 2. The van der Waals surface area contributed by atoms with E-state index in [9.17, 15) is 9.59 Å². The minimum absolute atomic E-state index is 0.316. The van der Waals surface area contributed by atoms with E-state index in [-0.39, 0.29) is 0 Å². The van der Waals surface area contributed by atoms with Crippen molar-refractivity contribution in [2.45, 2.75) is 6.42 Å². The summed E-state index contributed by atoms with van der Waals surface area (Å²) in [7, 11) is 0. The Morgan fingerprint density at radius 2 is 1.79 bits per heavy atom. The van der Waals surface area contributed by atoms with Crippen LogP contribution in [0, 0.1) is 0 Å². The molecule has 0 unspecified atom stereocenters. The van der Waals surface area contributed by atoms with E-state index in [1.165, 1.54) is 0 Å². The van der Waals surface area contributed by atoms with Gasteiger partial charge in [-0.1, -0.05) is 35.3 Å². The normalized spacial score (nSPS) is 13.7. The van der Waals surface area contributed by atoms with Gasteiger partial charge in [0.1, 0.15) is 5.82 Å². The number of hydrogen-bond acceptors (Lipinski definition) is 4. The Kier molecular flexibility index (Phi) is 3.55. The molecule has 1 aliphatic rings. The molecule has 0 amide bonds. The fourth-order valence-corrected chi connectivity index (χ4v) is 3.36. The van der Waals surface area contributed by atoms with Gasteiger partial charge in [-0.3, -0.25) is 9.59 Å². The number of halogens is 2. The molecule has 0 bridgehead atoms. The number of anilines is 1. The van der Waals surface area contributed by atoms with E-state index in [0.717, 1.165) is 4.57 Å². The van der Waals surface area contributed by atoms with E-state index in [2.05, 4.69) is 10.3 Å². The van der Waals surface area contributed by atoms with Crippen LogP contribution < -0.4 is 10.9 Å². The highest BCUT2D eigenvalue weighted by Crippen LogP contribution is 2.28. The summed E-state index contributed by atoms with van der Waals surface area (Å²) in [5, 5.41) is 4.29. The molecule has 0 aliphatic carbocycles. The van der Waals surface area contributed by atoms with Gasteiger partial charge in [0.2, 0.25) is 0 Å². The summed E-state index contributed by atoms with van der Waals surface area (Å²) in [6.07, 6.45) is 0.396. The van der Waals surface area contributed by atoms with E-state index in [0.29, 0.717) is 51.0 Å². The lowest BCUT2D eigenvalue weighted by Crippen LogP contribution is -2.34. The van der Waals surface area contributed by atoms with Gasteiger partial charge in [-0.25, -0.2) is 9.55 Å². The predicted octanol–water partition coefficient (Wildman–Crippen LogP) is 3.36. The Hall–Kier alpha value is -2.37. The SMILES string of the molecule is O=C1c2cccc(Cl)c2NCCc2nc3c(Cl)cccc3c(=O)n21. The smallest absolute Gasteiger partial charge is 0.268 e. The monoisotopic (exact) mass is 359 g/mol. The van der Waals surface area contributed by atoms with Gasteiger partial charge in [0.15, 0.2) is 0 Å². The second kappa shape index (κ2) is 5.61. The van der Waals surface area contributed by atoms with Gasteiger partial charge in [0.25, 0.3) is 11.5 Å². The first-order valence-corrected chi connectivity index (χ1v) is 8.11. The fraction of sp³-hybridized carbons (Fsp3) is 0.118. The highest BCUT2D eigenvalue weighted by molar-refractivity contribution is 6.35. The molecule has 5 nitrogen and oxygen atoms in total. The van der Waals surface area contributed by atoms with Crippen LogP contribution >= 0.6 is 23.2 Å². The Morgan fingerprint density at radius 1 is 1.04 bits per heavy atom. The van der Waals surface area contributed by atoms with Crippen LogP contribution in [0.3, 0.4) is 0 Å². The van der Waals surface area contributed by atoms with E-state index < -0.39 is 11.5 Å². The molecule has 7 heteroatoms. The number of carbonyl (C=O) groups is 1. The summed E-state index contributed by atoms with van der Waals surface area (Å²) in [5.74, 6) is -0.0715. The number of aromatic nitrogens is 2. The minimum Gasteiger partial charge on any atom is -0.383 e. The zero-order valence-corrected chi connectivity index (χ0v) is 13.9. The summed E-state index contributed by atoms with van der Waals surface area (Å²) in [4.78, 5) is 30.3. The number of nitrogens with one attached hydrogen (secondary N) is 1. The molecular weight excluding hydrogens is 349 g/mol. The van der Waals surface area contributed by atoms with Crippen LogP contribution in [-0.2, 0) is 6.42 Å². The van der Waals surface area contributed by atoms with Crippen LogP contribution in [0.2, 0.25) is 10.0 Å². The second-order valence-corrected chi connectivity index (χ2v) is 6.26. The Labute approximate surface area is 146 Å². The lowest BCUT2D eigenvalue weighted by Gasteiger charge is -2.20. The van der Waals surface area contributed by atoms with Crippen LogP contribution in [0.4, 0.5) is 5.69 Å². The molecule has 2 heterocycles. The maximum Gasteiger partial charge on any atom is 0.268 e. The first kappa shape index (κ1) is 15.2. The molecule has 0 saturated heterocycles. The third-order valence-corrected chi connectivity index (χ3v) is 4.64. The summed E-state index contributed by atoms with van der Waals surface area (Å²) in [6, 6.07) is 9.97.